The fraction of sp³-hybridized carbons (Fsp3) is 0.500. The second-order valence-electron chi connectivity index (χ2n) is 6.61. The van der Waals surface area contributed by atoms with Gasteiger partial charge in [0.1, 0.15) is 11.2 Å². The second-order valence-corrected chi connectivity index (χ2v) is 6.61. The number of carboxylic acids is 1. The van der Waals surface area contributed by atoms with Crippen molar-refractivity contribution >= 4 is 23.7 Å². The Morgan fingerprint density at radius 3 is 2.84 bits per heavy atom. The van der Waals surface area contributed by atoms with Gasteiger partial charge in [0.25, 0.3) is 5.91 Å². The number of nitrogens with one attached hydrogen (secondary N) is 1. The number of carbonyl (C=O) groups excluding carboxylic acids is 2. The smallest absolute Gasteiger partial charge is 0.323 e. The lowest BCUT2D eigenvalue weighted by atomic mass is 9.81. The molecule has 0 radical (unpaired) electrons. The van der Waals surface area contributed by atoms with Crippen molar-refractivity contribution in [3.63, 3.8) is 0 Å². The quantitative estimate of drug-likeness (QED) is 0.815. The highest BCUT2D eigenvalue weighted by molar-refractivity contribution is 5.96. The van der Waals surface area contributed by atoms with E-state index in [0.29, 0.717) is 18.7 Å². The van der Waals surface area contributed by atoms with E-state index in [1.807, 2.05) is 0 Å². The van der Waals surface area contributed by atoms with Gasteiger partial charge in [-0.05, 0) is 12.1 Å². The van der Waals surface area contributed by atoms with Crippen molar-refractivity contribution in [2.24, 2.45) is 11.3 Å². The molecule has 2 atom stereocenters. The van der Waals surface area contributed by atoms with Crippen LogP contribution in [0.3, 0.4) is 0 Å². The molecule has 2 N–H and O–H groups in total. The average Bonchev–Trinajstić information content (AvgIpc) is 3.12. The molecule has 0 aromatic carbocycles. The number of likely N-dealkylation sites (tertiary alicyclic amines) is 1. The lowest BCUT2D eigenvalue weighted by molar-refractivity contribution is -0.149. The molecule has 25 heavy (non-hydrogen) atoms. The van der Waals surface area contributed by atoms with Crippen LogP contribution in [0.15, 0.2) is 18.3 Å². The molecule has 9 heteroatoms. The molecule has 3 heterocycles. The fourth-order valence-electron chi connectivity index (χ4n) is 3.27. The molecule has 9 nitrogen and oxygen atoms in total. The number of rotatable bonds is 3. The zero-order valence-electron chi connectivity index (χ0n) is 14.1. The van der Waals surface area contributed by atoms with Gasteiger partial charge in [-0.3, -0.25) is 14.9 Å². The monoisotopic (exact) mass is 348 g/mol. The number of amides is 3. The Morgan fingerprint density at radius 1 is 1.44 bits per heavy atom. The maximum absolute atomic E-state index is 12.5. The molecule has 3 rings (SSSR count). The highest BCUT2D eigenvalue weighted by atomic mass is 16.5. The van der Waals surface area contributed by atoms with Gasteiger partial charge < -0.3 is 19.6 Å². The fourth-order valence-corrected chi connectivity index (χ4v) is 3.27. The first-order valence-corrected chi connectivity index (χ1v) is 7.88. The Labute approximate surface area is 144 Å². The molecule has 2 aliphatic rings. The number of carbonyl (C=O) groups is 3. The van der Waals surface area contributed by atoms with E-state index in [4.69, 9.17) is 4.74 Å². The van der Waals surface area contributed by atoms with Gasteiger partial charge in [0.05, 0.1) is 13.2 Å². The Morgan fingerprint density at radius 2 is 2.20 bits per heavy atom. The van der Waals surface area contributed by atoms with Crippen molar-refractivity contribution in [3.05, 3.63) is 23.9 Å². The number of urea groups is 1. The van der Waals surface area contributed by atoms with Crippen molar-refractivity contribution in [3.8, 4) is 0 Å². The zero-order chi connectivity index (χ0) is 18.2. The van der Waals surface area contributed by atoms with Crippen molar-refractivity contribution in [1.29, 1.82) is 0 Å². The minimum atomic E-state index is -1.03. The van der Waals surface area contributed by atoms with Crippen molar-refractivity contribution in [2.45, 2.75) is 0 Å². The number of hydrogen-bond acceptors (Lipinski definition) is 5. The SMILES string of the molecule is CN(C)C(=O)c1ccnc(NC(=O)N2C[C@@H]3COC[C@]3(C(=O)O)C2)c1. The minimum absolute atomic E-state index is 0.0924. The number of fused-ring (bicyclic) bond motifs is 1. The third-order valence-corrected chi connectivity index (χ3v) is 4.74. The first-order valence-electron chi connectivity index (χ1n) is 7.88. The van der Waals surface area contributed by atoms with Crippen LogP contribution < -0.4 is 5.32 Å². The Hall–Kier alpha value is -2.68. The molecule has 1 aromatic heterocycles. The standard InChI is InChI=1S/C16H20N4O5/c1-19(2)13(21)10-3-4-17-12(5-10)18-15(24)20-6-11-7-25-9-16(11,8-20)14(22)23/h3-5,11H,6-9H2,1-2H3,(H,22,23)(H,17,18,24)/t11-,16-/m1/s1. The third kappa shape index (κ3) is 3.02. The summed E-state index contributed by atoms with van der Waals surface area (Å²) >= 11 is 0. The Bertz CT molecular complexity index is 722. The van der Waals surface area contributed by atoms with E-state index in [1.54, 1.807) is 20.2 Å². The number of pyridine rings is 1. The van der Waals surface area contributed by atoms with Gasteiger partial charge >= 0.3 is 12.0 Å². The van der Waals surface area contributed by atoms with E-state index in [0.717, 1.165) is 0 Å². The number of anilines is 1. The maximum atomic E-state index is 12.5. The summed E-state index contributed by atoms with van der Waals surface area (Å²) in [5.41, 5.74) is -0.628. The predicted octanol–water partition coefficient (Wildman–Crippen LogP) is 0.348. The number of hydrogen-bond donors (Lipinski definition) is 2. The van der Waals surface area contributed by atoms with Crippen LogP contribution in [0, 0.1) is 11.3 Å². The molecule has 3 amide bonds. The van der Waals surface area contributed by atoms with Crippen LogP contribution in [-0.4, -0.2) is 78.2 Å². The van der Waals surface area contributed by atoms with Crippen LogP contribution in [0.5, 0.6) is 0 Å². The van der Waals surface area contributed by atoms with Crippen molar-refractivity contribution < 1.29 is 24.2 Å². The number of nitrogens with zero attached hydrogens (tertiary/aromatic N) is 3. The van der Waals surface area contributed by atoms with Crippen molar-refractivity contribution in [2.75, 3.05) is 45.7 Å². The van der Waals surface area contributed by atoms with Crippen LogP contribution in [0.1, 0.15) is 10.4 Å². The topological polar surface area (TPSA) is 112 Å². The number of aliphatic carboxylic acids is 1. The van der Waals surface area contributed by atoms with E-state index in [-0.39, 0.29) is 30.8 Å². The van der Waals surface area contributed by atoms with Crippen molar-refractivity contribution in [1.82, 2.24) is 14.8 Å². The van der Waals surface area contributed by atoms with E-state index in [2.05, 4.69) is 10.3 Å². The largest absolute Gasteiger partial charge is 0.481 e. The van der Waals surface area contributed by atoms with Crippen LogP contribution in [0.25, 0.3) is 0 Å². The lowest BCUT2D eigenvalue weighted by Crippen LogP contribution is -2.41. The second kappa shape index (κ2) is 6.32. The van der Waals surface area contributed by atoms with E-state index in [1.165, 1.54) is 22.1 Å². The van der Waals surface area contributed by atoms with Gasteiger partial charge in [0.2, 0.25) is 0 Å². The number of carboxylic acid groups (broad SMARTS) is 1. The molecule has 0 bridgehead atoms. The Balaban J connectivity index is 1.71. The zero-order valence-corrected chi connectivity index (χ0v) is 14.1. The van der Waals surface area contributed by atoms with E-state index < -0.39 is 17.4 Å². The summed E-state index contributed by atoms with van der Waals surface area (Å²) in [7, 11) is 3.27. The summed E-state index contributed by atoms with van der Waals surface area (Å²) < 4.78 is 5.29. The lowest BCUT2D eigenvalue weighted by Gasteiger charge is -2.22. The normalized spacial score (nSPS) is 24.7. The van der Waals surface area contributed by atoms with Crippen LogP contribution in [0.2, 0.25) is 0 Å². The molecule has 0 spiro atoms. The molecule has 2 fully saturated rings. The molecule has 0 saturated carbocycles. The third-order valence-electron chi connectivity index (χ3n) is 4.74. The molecular weight excluding hydrogens is 328 g/mol. The van der Waals surface area contributed by atoms with Gasteiger partial charge in [0, 0.05) is 44.9 Å². The van der Waals surface area contributed by atoms with Gasteiger partial charge in [-0.25, -0.2) is 9.78 Å². The molecule has 0 aliphatic carbocycles. The summed E-state index contributed by atoms with van der Waals surface area (Å²) in [5, 5.41) is 12.2. The van der Waals surface area contributed by atoms with E-state index in [9.17, 15) is 19.5 Å². The van der Waals surface area contributed by atoms with Gasteiger partial charge in [-0.1, -0.05) is 0 Å². The summed E-state index contributed by atoms with van der Waals surface area (Å²) in [5.74, 6) is -1.11. The summed E-state index contributed by atoms with van der Waals surface area (Å²) in [4.78, 5) is 43.0. The van der Waals surface area contributed by atoms with Crippen LogP contribution in [0.4, 0.5) is 10.6 Å². The maximum Gasteiger partial charge on any atom is 0.323 e. The summed E-state index contributed by atoms with van der Waals surface area (Å²) in [6.45, 7) is 0.854. The highest BCUT2D eigenvalue weighted by Gasteiger charge is 2.57. The summed E-state index contributed by atoms with van der Waals surface area (Å²) in [6, 6.07) is 2.62. The van der Waals surface area contributed by atoms with Crippen LogP contribution >= 0.6 is 0 Å². The Kier molecular flexibility index (Phi) is 4.34. The highest BCUT2D eigenvalue weighted by Crippen LogP contribution is 2.41. The van der Waals surface area contributed by atoms with Gasteiger partial charge in [-0.15, -0.1) is 0 Å². The molecule has 2 aliphatic heterocycles. The first-order chi connectivity index (χ1) is 11.8. The summed E-state index contributed by atoms with van der Waals surface area (Å²) in [6.07, 6.45) is 1.44. The number of ether oxygens (including phenoxy) is 1. The molecule has 134 valence electrons. The first kappa shape index (κ1) is 17.2. The molecule has 2 saturated heterocycles. The molecule has 0 unspecified atom stereocenters. The van der Waals surface area contributed by atoms with E-state index >= 15 is 0 Å². The van der Waals surface area contributed by atoms with Gasteiger partial charge in [0.15, 0.2) is 0 Å². The minimum Gasteiger partial charge on any atom is -0.481 e. The van der Waals surface area contributed by atoms with Gasteiger partial charge in [-0.2, -0.15) is 0 Å². The van der Waals surface area contributed by atoms with Crippen LogP contribution in [-0.2, 0) is 9.53 Å². The number of aromatic nitrogens is 1. The predicted molar refractivity (Wildman–Crippen MR) is 87.2 cm³/mol. The average molecular weight is 348 g/mol. The molecular formula is C16H20N4O5. The molecule has 1 aromatic rings.